The zero-order valence-electron chi connectivity index (χ0n) is 11.1. The summed E-state index contributed by atoms with van der Waals surface area (Å²) in [7, 11) is 0. The summed E-state index contributed by atoms with van der Waals surface area (Å²) in [5, 5.41) is 13.4. The van der Waals surface area contributed by atoms with Crippen LogP contribution >= 0.6 is 11.3 Å². The molecule has 1 aromatic heterocycles. The van der Waals surface area contributed by atoms with E-state index in [-0.39, 0.29) is 11.5 Å². The van der Waals surface area contributed by atoms with Crippen LogP contribution < -0.4 is 0 Å². The van der Waals surface area contributed by atoms with Crippen molar-refractivity contribution < 1.29 is 5.11 Å². The summed E-state index contributed by atoms with van der Waals surface area (Å²) in [6.45, 7) is 6.54. The quantitative estimate of drug-likeness (QED) is 0.894. The van der Waals surface area contributed by atoms with E-state index in [4.69, 9.17) is 0 Å². The van der Waals surface area contributed by atoms with Crippen molar-refractivity contribution >= 4 is 11.3 Å². The van der Waals surface area contributed by atoms with Crippen molar-refractivity contribution in [3.05, 3.63) is 16.1 Å². The summed E-state index contributed by atoms with van der Waals surface area (Å²) in [5.41, 5.74) is 1.27. The Hall–Kier alpha value is -0.410. The van der Waals surface area contributed by atoms with Crippen molar-refractivity contribution in [3.63, 3.8) is 0 Å². The predicted molar refractivity (Wildman–Crippen MR) is 72.5 cm³/mol. The molecule has 1 saturated carbocycles. The van der Waals surface area contributed by atoms with Gasteiger partial charge in [0.15, 0.2) is 0 Å². The number of hydrogen-bond donors (Lipinski definition) is 1. The van der Waals surface area contributed by atoms with E-state index in [0.29, 0.717) is 5.92 Å². The Balaban J connectivity index is 1.96. The average Bonchev–Trinajstić information content (AvgIpc) is 2.85. The molecule has 1 unspecified atom stereocenters. The summed E-state index contributed by atoms with van der Waals surface area (Å²) < 4.78 is 0. The molecule has 1 aliphatic carbocycles. The lowest BCUT2D eigenvalue weighted by Gasteiger charge is -2.16. The van der Waals surface area contributed by atoms with Crippen LogP contribution in [0.1, 0.15) is 57.2 Å². The minimum Gasteiger partial charge on any atom is -0.392 e. The number of rotatable bonds is 3. The molecule has 0 bridgehead atoms. The van der Waals surface area contributed by atoms with Gasteiger partial charge in [0.05, 0.1) is 16.8 Å². The molecule has 0 saturated heterocycles. The molecule has 2 nitrogen and oxygen atoms in total. The first-order chi connectivity index (χ1) is 7.97. The van der Waals surface area contributed by atoms with Crippen LogP contribution in [0.2, 0.25) is 0 Å². The third-order valence-corrected chi connectivity index (χ3v) is 4.52. The Morgan fingerprint density at radius 2 is 2.06 bits per heavy atom. The number of thiazole rings is 1. The first-order valence-electron chi connectivity index (χ1n) is 6.60. The Bertz CT molecular complexity index is 361. The fraction of sp³-hybridized carbons (Fsp3) is 0.786. The second-order valence-corrected chi connectivity index (χ2v) is 7.14. The molecule has 2 rings (SSSR count). The fourth-order valence-corrected chi connectivity index (χ4v) is 3.51. The van der Waals surface area contributed by atoms with Crippen molar-refractivity contribution in [1.82, 2.24) is 4.98 Å². The van der Waals surface area contributed by atoms with Gasteiger partial charge < -0.3 is 5.11 Å². The first-order valence-corrected chi connectivity index (χ1v) is 7.48. The minimum absolute atomic E-state index is 0.118. The molecule has 0 spiro atoms. The lowest BCUT2D eigenvalue weighted by Crippen LogP contribution is -2.20. The van der Waals surface area contributed by atoms with E-state index in [1.54, 1.807) is 11.3 Å². The van der Waals surface area contributed by atoms with Gasteiger partial charge in [-0.2, -0.15) is 0 Å². The smallest absolute Gasteiger partial charge is 0.0954 e. The molecule has 1 heterocycles. The lowest BCUT2D eigenvalue weighted by molar-refractivity contribution is 0.111. The molecular weight excluding hydrogens is 230 g/mol. The van der Waals surface area contributed by atoms with Crippen LogP contribution in [0.25, 0.3) is 0 Å². The van der Waals surface area contributed by atoms with Gasteiger partial charge in [0.2, 0.25) is 0 Å². The molecule has 1 N–H and O–H groups in total. The largest absolute Gasteiger partial charge is 0.392 e. The maximum Gasteiger partial charge on any atom is 0.0954 e. The number of hydrogen-bond acceptors (Lipinski definition) is 3. The van der Waals surface area contributed by atoms with E-state index in [1.807, 2.05) is 0 Å². The lowest BCUT2D eigenvalue weighted by atomic mass is 9.93. The number of aromatic nitrogens is 1. The van der Waals surface area contributed by atoms with Gasteiger partial charge in [-0.15, -0.1) is 11.3 Å². The molecule has 1 aliphatic rings. The van der Waals surface area contributed by atoms with Crippen LogP contribution in [0.15, 0.2) is 5.38 Å². The summed E-state index contributed by atoms with van der Waals surface area (Å²) in [5.74, 6) is 0.511. The van der Waals surface area contributed by atoms with Gasteiger partial charge >= 0.3 is 0 Å². The van der Waals surface area contributed by atoms with Gasteiger partial charge in [0.25, 0.3) is 0 Å². The van der Waals surface area contributed by atoms with Crippen molar-refractivity contribution in [2.75, 3.05) is 0 Å². The fourth-order valence-electron chi connectivity index (χ4n) is 2.44. The van der Waals surface area contributed by atoms with Crippen LogP contribution in [-0.2, 0) is 11.8 Å². The Labute approximate surface area is 108 Å². The zero-order chi connectivity index (χ0) is 12.5. The molecule has 0 radical (unpaired) electrons. The molecule has 0 aliphatic heterocycles. The highest BCUT2D eigenvalue weighted by Crippen LogP contribution is 2.30. The predicted octanol–water partition coefficient (Wildman–Crippen LogP) is 3.53. The van der Waals surface area contributed by atoms with Crippen LogP contribution in [0.3, 0.4) is 0 Å². The van der Waals surface area contributed by atoms with Crippen molar-refractivity contribution in [1.29, 1.82) is 0 Å². The third-order valence-electron chi connectivity index (χ3n) is 3.65. The molecule has 17 heavy (non-hydrogen) atoms. The molecular formula is C14H23NOS. The minimum atomic E-state index is -0.184. The molecule has 3 heteroatoms. The van der Waals surface area contributed by atoms with Gasteiger partial charge in [0, 0.05) is 17.2 Å². The Morgan fingerprint density at radius 1 is 1.41 bits per heavy atom. The van der Waals surface area contributed by atoms with E-state index in [2.05, 4.69) is 31.1 Å². The molecule has 1 atom stereocenters. The van der Waals surface area contributed by atoms with Crippen LogP contribution in [-0.4, -0.2) is 16.2 Å². The second-order valence-electron chi connectivity index (χ2n) is 6.19. The van der Waals surface area contributed by atoms with Crippen LogP contribution in [0.4, 0.5) is 0 Å². The van der Waals surface area contributed by atoms with Gasteiger partial charge in [-0.25, -0.2) is 4.98 Å². The topological polar surface area (TPSA) is 33.1 Å². The molecule has 1 fully saturated rings. The summed E-state index contributed by atoms with van der Waals surface area (Å²) in [6.07, 6.45) is 5.51. The first kappa shape index (κ1) is 13.0. The SMILES string of the molecule is CC(C)(C)c1csc(CC(O)C2CCCC2)n1. The van der Waals surface area contributed by atoms with Crippen molar-refractivity contribution in [2.24, 2.45) is 5.92 Å². The van der Waals surface area contributed by atoms with Crippen LogP contribution in [0.5, 0.6) is 0 Å². The van der Waals surface area contributed by atoms with E-state index in [9.17, 15) is 5.11 Å². The maximum absolute atomic E-state index is 10.2. The Kier molecular flexibility index (Phi) is 3.88. The molecule has 0 aromatic carbocycles. The zero-order valence-corrected chi connectivity index (χ0v) is 11.9. The van der Waals surface area contributed by atoms with Gasteiger partial charge in [0.1, 0.15) is 0 Å². The molecule has 1 aromatic rings. The Morgan fingerprint density at radius 3 is 2.59 bits per heavy atom. The van der Waals surface area contributed by atoms with E-state index >= 15 is 0 Å². The van der Waals surface area contributed by atoms with E-state index in [0.717, 1.165) is 17.1 Å². The number of aliphatic hydroxyl groups is 1. The van der Waals surface area contributed by atoms with Gasteiger partial charge in [-0.3, -0.25) is 0 Å². The number of aliphatic hydroxyl groups excluding tert-OH is 1. The van der Waals surface area contributed by atoms with Crippen LogP contribution in [0, 0.1) is 5.92 Å². The highest BCUT2D eigenvalue weighted by atomic mass is 32.1. The van der Waals surface area contributed by atoms with Gasteiger partial charge in [-0.05, 0) is 18.8 Å². The van der Waals surface area contributed by atoms with E-state index in [1.165, 1.54) is 25.7 Å². The van der Waals surface area contributed by atoms with Crippen molar-refractivity contribution in [2.45, 2.75) is 64.4 Å². The number of nitrogens with zero attached hydrogens (tertiary/aromatic N) is 1. The highest BCUT2D eigenvalue weighted by Gasteiger charge is 2.25. The summed E-state index contributed by atoms with van der Waals surface area (Å²) >= 11 is 1.69. The monoisotopic (exact) mass is 253 g/mol. The molecule has 0 amide bonds. The van der Waals surface area contributed by atoms with Gasteiger partial charge in [-0.1, -0.05) is 33.6 Å². The molecule has 96 valence electrons. The van der Waals surface area contributed by atoms with Crippen molar-refractivity contribution in [3.8, 4) is 0 Å². The highest BCUT2D eigenvalue weighted by molar-refractivity contribution is 7.09. The third kappa shape index (κ3) is 3.29. The summed E-state index contributed by atoms with van der Waals surface area (Å²) in [6, 6.07) is 0. The maximum atomic E-state index is 10.2. The normalized spacial score (nSPS) is 19.8. The summed E-state index contributed by atoms with van der Waals surface area (Å²) in [4.78, 5) is 4.65. The second kappa shape index (κ2) is 5.07. The van der Waals surface area contributed by atoms with E-state index < -0.39 is 0 Å². The standard InChI is InChI=1S/C14H23NOS/c1-14(2,3)12-9-17-13(15-12)8-11(16)10-6-4-5-7-10/h9-11,16H,4-8H2,1-3H3. The average molecular weight is 253 g/mol.